The molecule has 3 rings (SSSR count). The molecule has 1 aromatic heterocycles. The first-order chi connectivity index (χ1) is 10.2. The molecule has 0 bridgehead atoms. The number of ether oxygens (including phenoxy) is 1. The molecular weight excluding hydrogens is 260 g/mol. The highest BCUT2D eigenvalue weighted by Crippen LogP contribution is 2.20. The summed E-state index contributed by atoms with van der Waals surface area (Å²) in [6, 6.07) is 14.8. The third kappa shape index (κ3) is 2.69. The summed E-state index contributed by atoms with van der Waals surface area (Å²) in [6.45, 7) is 5.64. The Morgan fingerprint density at radius 2 is 1.90 bits per heavy atom. The molecule has 0 fully saturated rings. The highest BCUT2D eigenvalue weighted by atomic mass is 16.5. The maximum atomic E-state index is 5.31. The van der Waals surface area contributed by atoms with Crippen molar-refractivity contribution >= 4 is 11.0 Å². The molecule has 0 unspecified atom stereocenters. The molecule has 3 aromatic rings. The lowest BCUT2D eigenvalue weighted by Gasteiger charge is -2.12. The van der Waals surface area contributed by atoms with Crippen LogP contribution in [0.4, 0.5) is 0 Å². The lowest BCUT2D eigenvalue weighted by atomic mass is 10.1. The maximum Gasteiger partial charge on any atom is 0.136 e. The van der Waals surface area contributed by atoms with Gasteiger partial charge in [-0.05, 0) is 37.1 Å². The number of para-hydroxylation sites is 2. The van der Waals surface area contributed by atoms with E-state index in [0.717, 1.165) is 23.4 Å². The SMILES string of the molecule is COCc1nc2ccccc2n1Cc1cc(C)ccc1C. The minimum absolute atomic E-state index is 0.527. The first-order valence-corrected chi connectivity index (χ1v) is 7.18. The number of rotatable bonds is 4. The Hall–Kier alpha value is -2.13. The van der Waals surface area contributed by atoms with Gasteiger partial charge in [0, 0.05) is 13.7 Å². The number of nitrogens with zero attached hydrogens (tertiary/aromatic N) is 2. The fraction of sp³-hybridized carbons (Fsp3) is 0.278. The van der Waals surface area contributed by atoms with Crippen LogP contribution in [0.25, 0.3) is 11.0 Å². The van der Waals surface area contributed by atoms with Gasteiger partial charge in [0.1, 0.15) is 12.4 Å². The minimum atomic E-state index is 0.527. The van der Waals surface area contributed by atoms with Crippen molar-refractivity contribution in [2.45, 2.75) is 27.0 Å². The summed E-state index contributed by atoms with van der Waals surface area (Å²) in [5, 5.41) is 0. The molecule has 0 aliphatic heterocycles. The topological polar surface area (TPSA) is 27.1 Å². The number of imidazole rings is 1. The number of hydrogen-bond donors (Lipinski definition) is 0. The molecule has 0 spiro atoms. The summed E-state index contributed by atoms with van der Waals surface area (Å²) >= 11 is 0. The van der Waals surface area contributed by atoms with E-state index >= 15 is 0 Å². The van der Waals surface area contributed by atoms with Crippen molar-refractivity contribution in [2.24, 2.45) is 0 Å². The van der Waals surface area contributed by atoms with E-state index in [-0.39, 0.29) is 0 Å². The molecule has 0 amide bonds. The average molecular weight is 280 g/mol. The standard InChI is InChI=1S/C18H20N2O/c1-13-8-9-14(2)15(10-13)11-20-17-7-5-4-6-16(17)19-18(20)12-21-3/h4-10H,11-12H2,1-3H3. The Labute approximate surface area is 125 Å². The average Bonchev–Trinajstić information content (AvgIpc) is 2.81. The molecule has 0 aliphatic rings. The van der Waals surface area contributed by atoms with Crippen molar-refractivity contribution in [3.63, 3.8) is 0 Å². The molecule has 0 atom stereocenters. The van der Waals surface area contributed by atoms with Gasteiger partial charge in [-0.25, -0.2) is 4.98 Å². The largest absolute Gasteiger partial charge is 0.377 e. The second-order valence-electron chi connectivity index (χ2n) is 5.47. The number of methoxy groups -OCH3 is 1. The van der Waals surface area contributed by atoms with Crippen LogP contribution in [0.2, 0.25) is 0 Å². The Morgan fingerprint density at radius 3 is 2.71 bits per heavy atom. The molecule has 3 heteroatoms. The monoisotopic (exact) mass is 280 g/mol. The number of aromatic nitrogens is 2. The van der Waals surface area contributed by atoms with Gasteiger partial charge in [0.05, 0.1) is 11.0 Å². The lowest BCUT2D eigenvalue weighted by Crippen LogP contribution is -2.07. The molecule has 108 valence electrons. The van der Waals surface area contributed by atoms with Crippen LogP contribution >= 0.6 is 0 Å². The van der Waals surface area contributed by atoms with E-state index in [4.69, 9.17) is 4.74 Å². The summed E-state index contributed by atoms with van der Waals surface area (Å²) in [5.41, 5.74) is 6.10. The summed E-state index contributed by atoms with van der Waals surface area (Å²) in [6.07, 6.45) is 0. The Kier molecular flexibility index (Phi) is 3.76. The molecule has 0 saturated carbocycles. The summed E-state index contributed by atoms with van der Waals surface area (Å²) < 4.78 is 7.56. The van der Waals surface area contributed by atoms with Crippen LogP contribution in [-0.2, 0) is 17.9 Å². The minimum Gasteiger partial charge on any atom is -0.377 e. The van der Waals surface area contributed by atoms with Crippen molar-refractivity contribution in [1.29, 1.82) is 0 Å². The highest BCUT2D eigenvalue weighted by Gasteiger charge is 2.11. The van der Waals surface area contributed by atoms with Gasteiger partial charge in [-0.1, -0.05) is 35.9 Å². The van der Waals surface area contributed by atoms with E-state index in [0.29, 0.717) is 6.61 Å². The van der Waals surface area contributed by atoms with Gasteiger partial charge < -0.3 is 9.30 Å². The first-order valence-electron chi connectivity index (χ1n) is 7.18. The van der Waals surface area contributed by atoms with Gasteiger partial charge in [0.15, 0.2) is 0 Å². The fourth-order valence-electron chi connectivity index (χ4n) is 2.68. The van der Waals surface area contributed by atoms with Crippen molar-refractivity contribution in [3.8, 4) is 0 Å². The quantitative estimate of drug-likeness (QED) is 0.726. The van der Waals surface area contributed by atoms with Gasteiger partial charge in [-0.15, -0.1) is 0 Å². The van der Waals surface area contributed by atoms with Crippen molar-refractivity contribution in [2.75, 3.05) is 7.11 Å². The van der Waals surface area contributed by atoms with E-state index in [9.17, 15) is 0 Å². The molecule has 0 N–H and O–H groups in total. The van der Waals surface area contributed by atoms with E-state index in [1.807, 2.05) is 12.1 Å². The van der Waals surface area contributed by atoms with Crippen LogP contribution in [0.3, 0.4) is 0 Å². The normalized spacial score (nSPS) is 11.2. The Bertz CT molecular complexity index is 774. The molecular formula is C18H20N2O. The molecule has 0 saturated heterocycles. The fourth-order valence-corrected chi connectivity index (χ4v) is 2.68. The van der Waals surface area contributed by atoms with Crippen LogP contribution in [0.15, 0.2) is 42.5 Å². The number of benzene rings is 2. The summed E-state index contributed by atoms with van der Waals surface area (Å²) in [7, 11) is 1.71. The van der Waals surface area contributed by atoms with Crippen molar-refractivity contribution in [1.82, 2.24) is 9.55 Å². The molecule has 21 heavy (non-hydrogen) atoms. The van der Waals surface area contributed by atoms with Gasteiger partial charge in [0.25, 0.3) is 0 Å². The number of aryl methyl sites for hydroxylation is 2. The van der Waals surface area contributed by atoms with Crippen molar-refractivity contribution < 1.29 is 4.74 Å². The van der Waals surface area contributed by atoms with E-state index in [2.05, 4.69) is 53.7 Å². The summed E-state index contributed by atoms with van der Waals surface area (Å²) in [4.78, 5) is 4.69. The molecule has 3 nitrogen and oxygen atoms in total. The van der Waals surface area contributed by atoms with Gasteiger partial charge >= 0.3 is 0 Å². The van der Waals surface area contributed by atoms with Crippen molar-refractivity contribution in [3.05, 3.63) is 65.0 Å². The number of hydrogen-bond acceptors (Lipinski definition) is 2. The third-order valence-corrected chi connectivity index (χ3v) is 3.84. The predicted molar refractivity (Wildman–Crippen MR) is 85.5 cm³/mol. The second-order valence-corrected chi connectivity index (χ2v) is 5.47. The van der Waals surface area contributed by atoms with Crippen LogP contribution in [-0.4, -0.2) is 16.7 Å². The zero-order valence-corrected chi connectivity index (χ0v) is 12.8. The van der Waals surface area contributed by atoms with E-state index in [1.54, 1.807) is 7.11 Å². The number of fused-ring (bicyclic) bond motifs is 1. The molecule has 0 aliphatic carbocycles. The smallest absolute Gasteiger partial charge is 0.136 e. The molecule has 1 heterocycles. The predicted octanol–water partition coefficient (Wildman–Crippen LogP) is 3.85. The van der Waals surface area contributed by atoms with Crippen LogP contribution in [0.1, 0.15) is 22.5 Å². The maximum absolute atomic E-state index is 5.31. The highest BCUT2D eigenvalue weighted by molar-refractivity contribution is 5.76. The van der Waals surface area contributed by atoms with Crippen LogP contribution in [0.5, 0.6) is 0 Å². The van der Waals surface area contributed by atoms with Crippen LogP contribution < -0.4 is 0 Å². The second kappa shape index (κ2) is 5.70. The van der Waals surface area contributed by atoms with Gasteiger partial charge in [-0.2, -0.15) is 0 Å². The van der Waals surface area contributed by atoms with E-state index in [1.165, 1.54) is 16.7 Å². The zero-order chi connectivity index (χ0) is 14.8. The third-order valence-electron chi connectivity index (χ3n) is 3.84. The molecule has 0 radical (unpaired) electrons. The van der Waals surface area contributed by atoms with Crippen LogP contribution in [0, 0.1) is 13.8 Å². The van der Waals surface area contributed by atoms with E-state index < -0.39 is 0 Å². The first kappa shape index (κ1) is 13.8. The Balaban J connectivity index is 2.10. The van der Waals surface area contributed by atoms with Gasteiger partial charge in [0.2, 0.25) is 0 Å². The lowest BCUT2D eigenvalue weighted by molar-refractivity contribution is 0.175. The summed E-state index contributed by atoms with van der Waals surface area (Å²) in [5.74, 6) is 0.972. The molecule has 2 aromatic carbocycles. The Morgan fingerprint density at radius 1 is 1.10 bits per heavy atom. The zero-order valence-electron chi connectivity index (χ0n) is 12.8. The van der Waals surface area contributed by atoms with Gasteiger partial charge in [-0.3, -0.25) is 0 Å².